The maximum atomic E-state index is 11.3. The molecule has 4 N–H and O–H groups in total. The molecule has 1 amide bonds. The molecular weight excluding hydrogens is 334 g/mol. The number of aliphatic imine (C=N–C) groups is 1. The van der Waals surface area contributed by atoms with Crippen molar-refractivity contribution in [3.63, 3.8) is 0 Å². The van der Waals surface area contributed by atoms with Crippen molar-refractivity contribution in [2.75, 3.05) is 13.2 Å². The van der Waals surface area contributed by atoms with Crippen LogP contribution in [-0.4, -0.2) is 25.0 Å². The zero-order chi connectivity index (χ0) is 13.3. The minimum absolute atomic E-state index is 0. The molecule has 1 aromatic carbocycles. The molecule has 0 aliphatic carbocycles. The predicted molar refractivity (Wildman–Crippen MR) is 79.7 cm³/mol. The number of carbonyl (C=O) groups excluding carboxylic acids is 1. The van der Waals surface area contributed by atoms with E-state index in [-0.39, 0.29) is 12.4 Å². The number of halogens is 2. The number of rotatable bonds is 2. The van der Waals surface area contributed by atoms with Crippen LogP contribution in [0.2, 0.25) is 0 Å². The second-order valence-corrected chi connectivity index (χ2v) is 5.38. The van der Waals surface area contributed by atoms with Crippen molar-refractivity contribution in [1.82, 2.24) is 0 Å². The maximum Gasteiger partial charge on any atom is 0.248 e. The molecule has 19 heavy (non-hydrogen) atoms. The number of nitrogens with zero attached hydrogens (tertiary/aromatic N) is 1. The number of nitrogens with two attached hydrogens (primary N) is 2. The molecule has 0 aromatic heterocycles. The Bertz CT molecular complexity index is 536. The highest BCUT2D eigenvalue weighted by molar-refractivity contribution is 9.10. The van der Waals surface area contributed by atoms with E-state index in [0.29, 0.717) is 24.6 Å². The van der Waals surface area contributed by atoms with Gasteiger partial charge in [-0.2, -0.15) is 0 Å². The van der Waals surface area contributed by atoms with Gasteiger partial charge in [-0.3, -0.25) is 9.79 Å². The van der Waals surface area contributed by atoms with Gasteiger partial charge >= 0.3 is 0 Å². The van der Waals surface area contributed by atoms with Gasteiger partial charge in [-0.05, 0) is 30.7 Å². The fourth-order valence-corrected chi connectivity index (χ4v) is 2.42. The Morgan fingerprint density at radius 1 is 1.47 bits per heavy atom. The highest BCUT2D eigenvalue weighted by atomic mass is 79.9. The van der Waals surface area contributed by atoms with Crippen LogP contribution in [-0.2, 0) is 10.3 Å². The summed E-state index contributed by atoms with van der Waals surface area (Å²) < 4.78 is 6.18. The number of benzene rings is 1. The molecule has 0 bridgehead atoms. The lowest BCUT2D eigenvalue weighted by molar-refractivity contribution is 0.0996. The molecule has 7 heteroatoms. The van der Waals surface area contributed by atoms with Crippen molar-refractivity contribution in [2.45, 2.75) is 12.5 Å². The Morgan fingerprint density at radius 3 is 2.74 bits per heavy atom. The van der Waals surface area contributed by atoms with E-state index >= 15 is 0 Å². The van der Waals surface area contributed by atoms with Crippen LogP contribution >= 0.6 is 28.3 Å². The summed E-state index contributed by atoms with van der Waals surface area (Å²) >= 11 is 3.36. The van der Waals surface area contributed by atoms with Gasteiger partial charge in [0.1, 0.15) is 18.0 Å². The molecule has 1 atom stereocenters. The Morgan fingerprint density at radius 2 is 2.16 bits per heavy atom. The molecule has 1 aromatic rings. The van der Waals surface area contributed by atoms with E-state index in [0.717, 1.165) is 10.0 Å². The normalized spacial score (nSPS) is 22.3. The molecule has 5 nitrogen and oxygen atoms in total. The highest BCUT2D eigenvalue weighted by Gasteiger charge is 2.30. The maximum absolute atomic E-state index is 11.3. The quantitative estimate of drug-likeness (QED) is 0.850. The number of amides is 1. The monoisotopic (exact) mass is 347 g/mol. The fourth-order valence-electron chi connectivity index (χ4n) is 1.93. The van der Waals surface area contributed by atoms with Gasteiger partial charge in [0, 0.05) is 10.0 Å². The number of carbonyl (C=O) groups is 1. The Labute approximate surface area is 125 Å². The molecule has 1 heterocycles. The number of amidine groups is 1. The molecule has 1 aliphatic rings. The van der Waals surface area contributed by atoms with Gasteiger partial charge < -0.3 is 16.2 Å². The van der Waals surface area contributed by atoms with E-state index in [2.05, 4.69) is 20.9 Å². The van der Waals surface area contributed by atoms with Crippen molar-refractivity contribution >= 4 is 40.1 Å². The van der Waals surface area contributed by atoms with Crippen molar-refractivity contribution in [3.05, 3.63) is 33.8 Å². The van der Waals surface area contributed by atoms with E-state index in [1.165, 1.54) is 0 Å². The van der Waals surface area contributed by atoms with Gasteiger partial charge in [0.2, 0.25) is 5.91 Å². The van der Waals surface area contributed by atoms with Gasteiger partial charge in [0.15, 0.2) is 0 Å². The van der Waals surface area contributed by atoms with Crippen LogP contribution in [0.15, 0.2) is 27.7 Å². The number of hydrogen-bond donors (Lipinski definition) is 2. The molecule has 0 radical (unpaired) electrons. The van der Waals surface area contributed by atoms with E-state index in [9.17, 15) is 4.79 Å². The molecule has 0 saturated carbocycles. The van der Waals surface area contributed by atoms with Crippen molar-refractivity contribution in [2.24, 2.45) is 16.5 Å². The van der Waals surface area contributed by atoms with E-state index in [1.54, 1.807) is 12.1 Å². The summed E-state index contributed by atoms with van der Waals surface area (Å²) in [4.78, 5) is 15.7. The van der Waals surface area contributed by atoms with Crippen LogP contribution in [0.1, 0.15) is 22.8 Å². The fraction of sp³-hybridized carbons (Fsp3) is 0.333. The van der Waals surface area contributed by atoms with E-state index in [4.69, 9.17) is 16.2 Å². The lowest BCUT2D eigenvalue weighted by atomic mass is 9.91. The van der Waals surface area contributed by atoms with Crippen LogP contribution in [0.25, 0.3) is 0 Å². The molecule has 0 fully saturated rings. The second-order valence-electron chi connectivity index (χ2n) is 4.46. The summed E-state index contributed by atoms with van der Waals surface area (Å²) in [5, 5.41) is 0. The first-order valence-corrected chi connectivity index (χ1v) is 6.23. The van der Waals surface area contributed by atoms with Gasteiger partial charge in [0.25, 0.3) is 0 Å². The lowest BCUT2D eigenvalue weighted by Crippen LogP contribution is -2.37. The molecule has 2 rings (SSSR count). The first kappa shape index (κ1) is 15.9. The molecular formula is C12H15BrClN3O2. The van der Waals surface area contributed by atoms with Crippen molar-refractivity contribution < 1.29 is 9.53 Å². The van der Waals surface area contributed by atoms with Gasteiger partial charge in [-0.25, -0.2) is 0 Å². The van der Waals surface area contributed by atoms with Gasteiger partial charge in [-0.1, -0.05) is 15.9 Å². The SMILES string of the molecule is C[C@@]1(c2cc(Br)cc(C(N)=O)c2)COCC(N)=N1.Cl. The van der Waals surface area contributed by atoms with E-state index < -0.39 is 11.4 Å². The first-order chi connectivity index (χ1) is 8.40. The summed E-state index contributed by atoms with van der Waals surface area (Å²) in [7, 11) is 0. The van der Waals surface area contributed by atoms with Gasteiger partial charge in [-0.15, -0.1) is 12.4 Å². The number of hydrogen-bond acceptors (Lipinski definition) is 4. The van der Waals surface area contributed by atoms with Crippen LogP contribution in [0, 0.1) is 0 Å². The largest absolute Gasteiger partial charge is 0.386 e. The van der Waals surface area contributed by atoms with Crippen LogP contribution in [0.5, 0.6) is 0 Å². The summed E-state index contributed by atoms with van der Waals surface area (Å²) in [6.45, 7) is 2.67. The minimum Gasteiger partial charge on any atom is -0.386 e. The molecule has 104 valence electrons. The third-order valence-electron chi connectivity index (χ3n) is 2.83. The molecule has 0 spiro atoms. The van der Waals surface area contributed by atoms with Gasteiger partial charge in [0.05, 0.1) is 6.61 Å². The smallest absolute Gasteiger partial charge is 0.248 e. The summed E-state index contributed by atoms with van der Waals surface area (Å²) in [6, 6.07) is 5.28. The summed E-state index contributed by atoms with van der Waals surface area (Å²) in [6.07, 6.45) is 0. The Hall–Kier alpha value is -1.11. The lowest BCUT2D eigenvalue weighted by Gasteiger charge is -2.30. The summed E-state index contributed by atoms with van der Waals surface area (Å²) in [5.41, 5.74) is 11.7. The zero-order valence-corrected chi connectivity index (χ0v) is 12.8. The van der Waals surface area contributed by atoms with Crippen LogP contribution < -0.4 is 11.5 Å². The molecule has 0 saturated heterocycles. The second kappa shape index (κ2) is 5.90. The molecule has 0 unspecified atom stereocenters. The zero-order valence-electron chi connectivity index (χ0n) is 10.4. The molecule has 1 aliphatic heterocycles. The van der Waals surface area contributed by atoms with Crippen LogP contribution in [0.3, 0.4) is 0 Å². The summed E-state index contributed by atoms with van der Waals surface area (Å²) in [5.74, 6) is -0.0285. The standard InChI is InChI=1S/C12H14BrN3O2.ClH/c1-12(6-18-5-10(14)16-12)8-2-7(11(15)17)3-9(13)4-8;/h2-4H,5-6H2,1H3,(H2,14,16)(H2,15,17);1H/t12-;/m0./s1. The Kier molecular flexibility index (Phi) is 4.95. The average Bonchev–Trinajstić information content (AvgIpc) is 2.27. The predicted octanol–water partition coefficient (Wildman–Crippen LogP) is 1.57. The third-order valence-corrected chi connectivity index (χ3v) is 3.29. The minimum atomic E-state index is -0.587. The number of primary amides is 1. The topological polar surface area (TPSA) is 90.7 Å². The third kappa shape index (κ3) is 3.46. The van der Waals surface area contributed by atoms with Crippen molar-refractivity contribution in [3.8, 4) is 0 Å². The Balaban J connectivity index is 0.00000180. The average molecular weight is 349 g/mol. The highest BCUT2D eigenvalue weighted by Crippen LogP contribution is 2.31. The van der Waals surface area contributed by atoms with E-state index in [1.807, 2.05) is 13.0 Å². The van der Waals surface area contributed by atoms with Crippen LogP contribution in [0.4, 0.5) is 0 Å². The van der Waals surface area contributed by atoms with Crippen molar-refractivity contribution in [1.29, 1.82) is 0 Å². The first-order valence-electron chi connectivity index (χ1n) is 5.43. The number of ether oxygens (including phenoxy) is 1.